The van der Waals surface area contributed by atoms with Crippen LogP contribution in [0.15, 0.2) is 18.5 Å². The maximum atomic E-state index is 11.8. The number of likely N-dealkylation sites (tertiary alicyclic amines) is 1. The van der Waals surface area contributed by atoms with Crippen LogP contribution in [0, 0.1) is 6.92 Å². The second-order valence-electron chi connectivity index (χ2n) is 6.42. The lowest BCUT2D eigenvalue weighted by Gasteiger charge is -2.26. The molecule has 1 N–H and O–H groups in total. The molecule has 7 nitrogen and oxygen atoms in total. The number of hydrogen-bond acceptors (Lipinski definition) is 5. The molecule has 7 heteroatoms. The molecule has 1 aliphatic heterocycles. The number of aryl methyl sites for hydroxylation is 2. The molecule has 3 rings (SSSR count). The van der Waals surface area contributed by atoms with Crippen LogP contribution in [0.25, 0.3) is 11.3 Å². The summed E-state index contributed by atoms with van der Waals surface area (Å²) in [6.45, 7) is 7.25. The maximum Gasteiger partial charge on any atom is 0.223 e. The van der Waals surface area contributed by atoms with Gasteiger partial charge in [0.2, 0.25) is 11.9 Å². The maximum absolute atomic E-state index is 11.8. The molecule has 1 amide bonds. The molecule has 134 valence electrons. The number of aromatic nitrogens is 4. The van der Waals surface area contributed by atoms with Crippen molar-refractivity contribution >= 4 is 11.9 Å². The summed E-state index contributed by atoms with van der Waals surface area (Å²) in [5, 5.41) is 7.76. The van der Waals surface area contributed by atoms with Crippen LogP contribution in [0.4, 0.5) is 5.95 Å². The Balaban J connectivity index is 1.62. The summed E-state index contributed by atoms with van der Waals surface area (Å²) in [7, 11) is 0. The van der Waals surface area contributed by atoms with Crippen LogP contribution in [0.1, 0.15) is 38.3 Å². The van der Waals surface area contributed by atoms with E-state index in [0.29, 0.717) is 25.5 Å². The first-order valence-electron chi connectivity index (χ1n) is 9.06. The molecule has 2 aromatic rings. The molecule has 0 bridgehead atoms. The van der Waals surface area contributed by atoms with Crippen LogP contribution < -0.4 is 5.32 Å². The second kappa shape index (κ2) is 8.09. The average molecular weight is 342 g/mol. The van der Waals surface area contributed by atoms with Crippen molar-refractivity contribution in [1.29, 1.82) is 0 Å². The summed E-state index contributed by atoms with van der Waals surface area (Å²) in [5.41, 5.74) is 2.87. The van der Waals surface area contributed by atoms with Crippen LogP contribution in [-0.4, -0.2) is 50.2 Å². The van der Waals surface area contributed by atoms with Crippen molar-refractivity contribution in [2.75, 3.05) is 25.0 Å². The number of rotatable bonds is 7. The van der Waals surface area contributed by atoms with Crippen LogP contribution in [-0.2, 0) is 11.3 Å². The Morgan fingerprint density at radius 3 is 2.96 bits per heavy atom. The number of hydrogen-bond donors (Lipinski definition) is 1. The van der Waals surface area contributed by atoms with Gasteiger partial charge in [-0.05, 0) is 32.3 Å². The van der Waals surface area contributed by atoms with Gasteiger partial charge in [0.05, 0.1) is 11.4 Å². The lowest BCUT2D eigenvalue weighted by Crippen LogP contribution is -2.38. The van der Waals surface area contributed by atoms with E-state index in [9.17, 15) is 4.79 Å². The smallest absolute Gasteiger partial charge is 0.223 e. The van der Waals surface area contributed by atoms with Crippen molar-refractivity contribution in [2.24, 2.45) is 0 Å². The van der Waals surface area contributed by atoms with E-state index in [0.717, 1.165) is 49.3 Å². The summed E-state index contributed by atoms with van der Waals surface area (Å²) in [4.78, 5) is 22.6. The topological polar surface area (TPSA) is 75.9 Å². The number of piperidine rings is 1. The Morgan fingerprint density at radius 1 is 1.28 bits per heavy atom. The zero-order chi connectivity index (χ0) is 17.6. The fourth-order valence-electron chi connectivity index (χ4n) is 3.11. The molecule has 25 heavy (non-hydrogen) atoms. The van der Waals surface area contributed by atoms with Crippen molar-refractivity contribution < 1.29 is 4.79 Å². The van der Waals surface area contributed by atoms with Gasteiger partial charge >= 0.3 is 0 Å². The minimum atomic E-state index is 0.252. The van der Waals surface area contributed by atoms with Crippen LogP contribution in [0.5, 0.6) is 0 Å². The summed E-state index contributed by atoms with van der Waals surface area (Å²) in [5.74, 6) is 0.839. The number of nitrogens with one attached hydrogen (secondary N) is 1. The normalized spacial score (nSPS) is 14.8. The molecule has 0 atom stereocenters. The first-order valence-corrected chi connectivity index (χ1v) is 9.06. The van der Waals surface area contributed by atoms with E-state index in [1.54, 1.807) is 6.20 Å². The molecule has 0 unspecified atom stereocenters. The van der Waals surface area contributed by atoms with Gasteiger partial charge in [-0.15, -0.1) is 0 Å². The van der Waals surface area contributed by atoms with Gasteiger partial charge in [-0.25, -0.2) is 9.97 Å². The third kappa shape index (κ3) is 4.35. The molecule has 1 saturated heterocycles. The lowest BCUT2D eigenvalue weighted by molar-refractivity contribution is -0.133. The lowest BCUT2D eigenvalue weighted by atomic mass is 10.1. The van der Waals surface area contributed by atoms with Gasteiger partial charge in [0.1, 0.15) is 0 Å². The largest absolute Gasteiger partial charge is 0.352 e. The highest BCUT2D eigenvalue weighted by atomic mass is 16.2. The number of carbonyl (C=O) groups is 1. The third-order valence-electron chi connectivity index (χ3n) is 4.42. The van der Waals surface area contributed by atoms with Gasteiger partial charge in [0.25, 0.3) is 0 Å². The van der Waals surface area contributed by atoms with Crippen molar-refractivity contribution in [3.63, 3.8) is 0 Å². The van der Waals surface area contributed by atoms with E-state index in [2.05, 4.69) is 27.3 Å². The fraction of sp³-hybridized carbons (Fsp3) is 0.556. The SMILES string of the molecule is CCCn1cc(-c2ccnc(NCCN3CCCCC3=O)n2)c(C)n1. The van der Waals surface area contributed by atoms with Crippen LogP contribution in [0.2, 0.25) is 0 Å². The third-order valence-corrected chi connectivity index (χ3v) is 4.42. The van der Waals surface area contributed by atoms with Gasteiger partial charge in [-0.3, -0.25) is 9.48 Å². The highest BCUT2D eigenvalue weighted by Crippen LogP contribution is 2.21. The quantitative estimate of drug-likeness (QED) is 0.836. The van der Waals surface area contributed by atoms with E-state index >= 15 is 0 Å². The molecule has 1 fully saturated rings. The Bertz CT molecular complexity index is 726. The van der Waals surface area contributed by atoms with Gasteiger partial charge < -0.3 is 10.2 Å². The van der Waals surface area contributed by atoms with Crippen molar-refractivity contribution in [2.45, 2.75) is 46.1 Å². The van der Waals surface area contributed by atoms with Crippen LogP contribution >= 0.6 is 0 Å². The molecular formula is C18H26N6O. The van der Waals surface area contributed by atoms with Crippen molar-refractivity contribution in [3.05, 3.63) is 24.2 Å². The van der Waals surface area contributed by atoms with E-state index in [4.69, 9.17) is 0 Å². The van der Waals surface area contributed by atoms with E-state index < -0.39 is 0 Å². The molecule has 0 saturated carbocycles. The fourth-order valence-corrected chi connectivity index (χ4v) is 3.11. The minimum Gasteiger partial charge on any atom is -0.352 e. The second-order valence-corrected chi connectivity index (χ2v) is 6.42. The average Bonchev–Trinajstić information content (AvgIpc) is 2.98. The van der Waals surface area contributed by atoms with Crippen molar-refractivity contribution in [3.8, 4) is 11.3 Å². The van der Waals surface area contributed by atoms with Crippen LogP contribution in [0.3, 0.4) is 0 Å². The molecule has 3 heterocycles. The number of nitrogens with zero attached hydrogens (tertiary/aromatic N) is 5. The Kier molecular flexibility index (Phi) is 5.63. The molecule has 0 aliphatic carbocycles. The molecule has 0 spiro atoms. The summed E-state index contributed by atoms with van der Waals surface area (Å²) < 4.78 is 1.96. The number of carbonyl (C=O) groups excluding carboxylic acids is 1. The predicted molar refractivity (Wildman–Crippen MR) is 97.2 cm³/mol. The van der Waals surface area contributed by atoms with Gasteiger partial charge in [0, 0.05) is 50.6 Å². The van der Waals surface area contributed by atoms with Crippen molar-refractivity contribution in [1.82, 2.24) is 24.6 Å². The zero-order valence-corrected chi connectivity index (χ0v) is 15.0. The van der Waals surface area contributed by atoms with E-state index in [-0.39, 0.29) is 5.91 Å². The predicted octanol–water partition coefficient (Wildman–Crippen LogP) is 2.48. The Hall–Kier alpha value is -2.44. The molecular weight excluding hydrogens is 316 g/mol. The van der Waals surface area contributed by atoms with Gasteiger partial charge in [-0.2, -0.15) is 5.10 Å². The van der Waals surface area contributed by atoms with Gasteiger partial charge in [-0.1, -0.05) is 6.92 Å². The number of anilines is 1. The Morgan fingerprint density at radius 2 is 2.16 bits per heavy atom. The monoisotopic (exact) mass is 342 g/mol. The highest BCUT2D eigenvalue weighted by molar-refractivity contribution is 5.76. The molecule has 2 aromatic heterocycles. The Labute approximate surface area is 148 Å². The standard InChI is InChI=1S/C18H26N6O/c1-3-10-24-13-15(14(2)22-24)16-7-8-19-18(21-16)20-9-12-23-11-5-4-6-17(23)25/h7-8,13H,3-6,9-12H2,1-2H3,(H,19,20,21). The summed E-state index contributed by atoms with van der Waals surface area (Å²) >= 11 is 0. The van der Waals surface area contributed by atoms with Gasteiger partial charge in [0.15, 0.2) is 0 Å². The highest BCUT2D eigenvalue weighted by Gasteiger charge is 2.17. The first kappa shape index (κ1) is 17.4. The minimum absolute atomic E-state index is 0.252. The van der Waals surface area contributed by atoms with E-state index in [1.807, 2.05) is 28.8 Å². The zero-order valence-electron chi connectivity index (χ0n) is 15.0. The van der Waals surface area contributed by atoms with E-state index in [1.165, 1.54) is 0 Å². The molecule has 0 radical (unpaired) electrons. The summed E-state index contributed by atoms with van der Waals surface area (Å²) in [6, 6.07) is 1.90. The summed E-state index contributed by atoms with van der Waals surface area (Å²) in [6.07, 6.45) is 7.63. The number of amides is 1. The molecule has 1 aliphatic rings. The first-order chi connectivity index (χ1) is 12.2. The molecule has 0 aromatic carbocycles.